The Morgan fingerprint density at radius 2 is 2.50 bits per heavy atom. The summed E-state index contributed by atoms with van der Waals surface area (Å²) in [7, 11) is 8.03. The van der Waals surface area contributed by atoms with Gasteiger partial charge in [0.15, 0.2) is 0 Å². The molecule has 0 bridgehead atoms. The van der Waals surface area contributed by atoms with Gasteiger partial charge in [0.25, 0.3) is 0 Å². The minimum absolute atomic E-state index is 0.152. The van der Waals surface area contributed by atoms with E-state index in [-0.39, 0.29) is 12.1 Å². The summed E-state index contributed by atoms with van der Waals surface area (Å²) in [6.45, 7) is 3.51. The van der Waals surface area contributed by atoms with Crippen LogP contribution in [0.3, 0.4) is 0 Å². The normalized spacial score (nSPS) is 10.7. The molecule has 1 atom stereocenters. The molecular formula is C3H7ClNiP. The maximum absolute atomic E-state index is 5.51. The summed E-state index contributed by atoms with van der Waals surface area (Å²) >= 11 is -0.152. The molecule has 0 rings (SSSR count). The summed E-state index contributed by atoms with van der Waals surface area (Å²) in [6, 6.07) is 0. The van der Waals surface area contributed by atoms with Gasteiger partial charge in [-0.2, -0.15) is 0 Å². The molecule has 6 heavy (non-hydrogen) atoms. The summed E-state index contributed by atoms with van der Waals surface area (Å²) in [4.78, 5) is 0. The first kappa shape index (κ1) is 6.95. The quantitative estimate of drug-likeness (QED) is 0.337. The van der Waals surface area contributed by atoms with Crippen molar-refractivity contribution in [3.63, 3.8) is 0 Å². The topological polar surface area (TPSA) is 0 Å². The molecule has 0 heterocycles. The van der Waals surface area contributed by atoms with Crippen LogP contribution in [0.15, 0.2) is 12.7 Å². The molecular weight excluding hydrogens is 161 g/mol. The van der Waals surface area contributed by atoms with Gasteiger partial charge in [-0.05, 0) is 0 Å². The van der Waals surface area contributed by atoms with Crippen LogP contribution in [0.2, 0.25) is 5.39 Å². The summed E-state index contributed by atoms with van der Waals surface area (Å²) < 4.78 is 0. The van der Waals surface area contributed by atoms with Gasteiger partial charge in [-0.3, -0.25) is 0 Å². The van der Waals surface area contributed by atoms with Gasteiger partial charge in [0, 0.05) is 0 Å². The number of hydrogen-bond acceptors (Lipinski definition) is 0. The van der Waals surface area contributed by atoms with E-state index in [4.69, 9.17) is 10.2 Å². The van der Waals surface area contributed by atoms with Gasteiger partial charge in [-0.15, -0.1) is 0 Å². The molecule has 0 spiro atoms. The van der Waals surface area contributed by atoms with Crippen LogP contribution in [0.25, 0.3) is 0 Å². The zero-order valence-electron chi connectivity index (χ0n) is 3.26. The van der Waals surface area contributed by atoms with E-state index in [0.29, 0.717) is 0 Å². The molecule has 0 radical (unpaired) electrons. The van der Waals surface area contributed by atoms with Crippen molar-refractivity contribution in [2.75, 3.05) is 0 Å². The first-order chi connectivity index (χ1) is 2.77. The first-order valence-electron chi connectivity index (χ1n) is 1.34. The predicted octanol–water partition coefficient (Wildman–Crippen LogP) is 2.15. The second kappa shape index (κ2) is 4.12. The Labute approximate surface area is 48.7 Å². The number of allylic oxidation sites excluding steroid dienone is 1. The second-order valence-corrected chi connectivity index (χ2v) is 6.02. The Morgan fingerprint density at radius 3 is 2.50 bits per heavy atom. The summed E-state index contributed by atoms with van der Waals surface area (Å²) in [5, 5.41) is 0.909. The molecule has 0 amide bonds. The van der Waals surface area contributed by atoms with Crippen molar-refractivity contribution in [2.45, 2.75) is 5.39 Å². The number of rotatable bonds is 2. The predicted molar refractivity (Wildman–Crippen MR) is 30.6 cm³/mol. The molecule has 0 nitrogen and oxygen atoms in total. The van der Waals surface area contributed by atoms with Crippen molar-refractivity contribution < 1.29 is 12.1 Å². The van der Waals surface area contributed by atoms with Gasteiger partial charge < -0.3 is 0 Å². The van der Waals surface area contributed by atoms with Gasteiger partial charge in [0.1, 0.15) is 0 Å². The van der Waals surface area contributed by atoms with Crippen LogP contribution in [-0.4, -0.2) is 0 Å². The molecule has 3 heteroatoms. The standard InChI is InChI=1S/C3H5.ClH.Ni.H2P/c1-3-2;;;/h3H,1-2H2;1H;;1H2/q;;+2;-1/p-1. The van der Waals surface area contributed by atoms with E-state index in [1.165, 1.54) is 0 Å². The maximum atomic E-state index is 5.51. The fourth-order valence-electron chi connectivity index (χ4n) is 0.0872. The number of halogens is 1. The van der Waals surface area contributed by atoms with Crippen LogP contribution in [0, 0.1) is 0 Å². The third-order valence-electron chi connectivity index (χ3n) is 0.215. The third-order valence-corrected chi connectivity index (χ3v) is 1.90. The second-order valence-electron chi connectivity index (χ2n) is 0.700. The van der Waals surface area contributed by atoms with E-state index in [0.717, 1.165) is 5.39 Å². The van der Waals surface area contributed by atoms with Crippen LogP contribution in [0.4, 0.5) is 0 Å². The molecule has 1 unspecified atom stereocenters. The van der Waals surface area contributed by atoms with Crippen LogP contribution >= 0.6 is 18.2 Å². The Bertz CT molecular complexity index is 46.1. The Balaban J connectivity index is 2.81. The summed E-state index contributed by atoms with van der Waals surface area (Å²) in [5.74, 6) is 0. The van der Waals surface area contributed by atoms with Crippen molar-refractivity contribution in [1.82, 2.24) is 0 Å². The average Bonchev–Trinajstić information content (AvgIpc) is 1.35. The Kier molecular flexibility index (Phi) is 4.78. The first-order valence-corrected chi connectivity index (χ1v) is 5.48. The van der Waals surface area contributed by atoms with Gasteiger partial charge >= 0.3 is 48.3 Å². The van der Waals surface area contributed by atoms with Crippen LogP contribution in [0.1, 0.15) is 0 Å². The van der Waals surface area contributed by atoms with Crippen molar-refractivity contribution >= 4 is 18.2 Å². The molecule has 0 aromatic carbocycles. The summed E-state index contributed by atoms with van der Waals surface area (Å²) in [6.07, 6.45) is 1.81. The zero-order chi connectivity index (χ0) is 4.99. The van der Waals surface area contributed by atoms with Gasteiger partial charge in [0.05, 0.1) is 0 Å². The number of hydrogen-bond donors (Lipinski definition) is 0. The molecule has 0 N–H and O–H groups in total. The molecule has 0 aliphatic rings. The monoisotopic (exact) mass is 167 g/mol. The van der Waals surface area contributed by atoms with Crippen LogP contribution in [-0.2, 0) is 12.1 Å². The average molecular weight is 168 g/mol. The molecule has 0 aliphatic carbocycles. The molecule has 0 fully saturated rings. The summed E-state index contributed by atoms with van der Waals surface area (Å²) in [5.41, 5.74) is 0. The van der Waals surface area contributed by atoms with Crippen LogP contribution < -0.4 is 0 Å². The molecule has 41 valence electrons. The van der Waals surface area contributed by atoms with Gasteiger partial charge in [-0.1, -0.05) is 0 Å². The molecule has 0 saturated carbocycles. The molecule has 0 saturated heterocycles. The van der Waals surface area contributed by atoms with E-state index >= 15 is 0 Å². The third kappa shape index (κ3) is 4.95. The van der Waals surface area contributed by atoms with Crippen molar-refractivity contribution in [1.29, 1.82) is 0 Å². The zero-order valence-corrected chi connectivity index (χ0v) is 6.16. The fourth-order valence-corrected chi connectivity index (χ4v) is 1.08. The fraction of sp³-hybridized carbons (Fsp3) is 0.333. The van der Waals surface area contributed by atoms with Crippen molar-refractivity contribution in [3.05, 3.63) is 12.7 Å². The molecule has 0 aromatic rings. The Hall–Kier alpha value is 0.954. The van der Waals surface area contributed by atoms with Crippen molar-refractivity contribution in [2.24, 2.45) is 0 Å². The van der Waals surface area contributed by atoms with E-state index in [9.17, 15) is 0 Å². The Morgan fingerprint density at radius 1 is 2.00 bits per heavy atom. The van der Waals surface area contributed by atoms with Crippen molar-refractivity contribution in [3.8, 4) is 0 Å². The van der Waals surface area contributed by atoms with Crippen LogP contribution in [0.5, 0.6) is 0 Å². The SMILES string of the molecule is C=C[CH2][Ni]([PH2])[Cl]. The van der Waals surface area contributed by atoms with E-state index in [2.05, 4.69) is 14.6 Å². The van der Waals surface area contributed by atoms with Gasteiger partial charge in [-0.25, -0.2) is 0 Å². The van der Waals surface area contributed by atoms with E-state index < -0.39 is 0 Å². The van der Waals surface area contributed by atoms with E-state index in [1.807, 2.05) is 6.08 Å². The molecule has 0 aromatic heterocycles. The molecule has 0 aliphatic heterocycles. The minimum atomic E-state index is -0.152. The van der Waals surface area contributed by atoms with Gasteiger partial charge in [0.2, 0.25) is 0 Å². The van der Waals surface area contributed by atoms with E-state index in [1.54, 1.807) is 0 Å².